The largest absolute Gasteiger partial charge is 0.443 e. The van der Waals surface area contributed by atoms with E-state index >= 15 is 0 Å². The number of benzene rings is 1. The SMILES string of the molecule is Cc1cc([N+](=O)[O-])ccc1-c1c(C)c2ccnc(Cl)c2n1C(=O)OC(C)(C)C. The Bertz CT molecular complexity index is 1110. The van der Waals surface area contributed by atoms with Gasteiger partial charge in [-0.3, -0.25) is 10.1 Å². The summed E-state index contributed by atoms with van der Waals surface area (Å²) in [5.41, 5.74) is 2.45. The first-order chi connectivity index (χ1) is 13.0. The van der Waals surface area contributed by atoms with Crippen LogP contribution in [-0.4, -0.2) is 26.2 Å². The van der Waals surface area contributed by atoms with E-state index in [1.165, 1.54) is 16.7 Å². The number of nitro benzene ring substituents is 1. The predicted molar refractivity (Wildman–Crippen MR) is 108 cm³/mol. The average molecular weight is 402 g/mol. The summed E-state index contributed by atoms with van der Waals surface area (Å²) in [7, 11) is 0. The van der Waals surface area contributed by atoms with Gasteiger partial charge >= 0.3 is 6.09 Å². The van der Waals surface area contributed by atoms with Crippen LogP contribution in [0.4, 0.5) is 10.5 Å². The molecule has 0 aliphatic heterocycles. The zero-order valence-corrected chi connectivity index (χ0v) is 17.0. The highest BCUT2D eigenvalue weighted by molar-refractivity contribution is 6.34. The summed E-state index contributed by atoms with van der Waals surface area (Å²) in [4.78, 5) is 27.8. The van der Waals surface area contributed by atoms with E-state index in [-0.39, 0.29) is 10.8 Å². The number of halogens is 1. The molecule has 0 aliphatic carbocycles. The van der Waals surface area contributed by atoms with Gasteiger partial charge in [-0.25, -0.2) is 14.3 Å². The first-order valence-electron chi connectivity index (χ1n) is 8.65. The van der Waals surface area contributed by atoms with Gasteiger partial charge in [0.05, 0.1) is 16.1 Å². The number of nitrogens with zero attached hydrogens (tertiary/aromatic N) is 3. The average Bonchev–Trinajstić information content (AvgIpc) is 2.87. The number of non-ortho nitro benzene ring substituents is 1. The van der Waals surface area contributed by atoms with Gasteiger partial charge in [-0.15, -0.1) is 0 Å². The van der Waals surface area contributed by atoms with E-state index in [4.69, 9.17) is 16.3 Å². The molecule has 0 aliphatic rings. The molecule has 3 aromatic rings. The molecule has 0 atom stereocenters. The van der Waals surface area contributed by atoms with Crippen LogP contribution in [0.1, 0.15) is 31.9 Å². The van der Waals surface area contributed by atoms with Crippen molar-refractivity contribution in [2.24, 2.45) is 0 Å². The first-order valence-corrected chi connectivity index (χ1v) is 9.03. The first kappa shape index (κ1) is 19.8. The van der Waals surface area contributed by atoms with Gasteiger partial charge < -0.3 is 4.74 Å². The van der Waals surface area contributed by atoms with E-state index in [9.17, 15) is 14.9 Å². The number of hydrogen-bond donors (Lipinski definition) is 0. The molecule has 0 amide bonds. The molecule has 0 fully saturated rings. The van der Waals surface area contributed by atoms with Gasteiger partial charge in [-0.1, -0.05) is 11.6 Å². The molecule has 2 heterocycles. The molecule has 0 spiro atoms. The third kappa shape index (κ3) is 3.45. The lowest BCUT2D eigenvalue weighted by molar-refractivity contribution is -0.384. The van der Waals surface area contributed by atoms with Crippen molar-refractivity contribution in [1.82, 2.24) is 9.55 Å². The molecule has 3 rings (SSSR count). The minimum absolute atomic E-state index is 0.0152. The van der Waals surface area contributed by atoms with Crippen LogP contribution in [0.5, 0.6) is 0 Å². The Morgan fingerprint density at radius 3 is 2.50 bits per heavy atom. The lowest BCUT2D eigenvalue weighted by Gasteiger charge is -2.21. The fraction of sp³-hybridized carbons (Fsp3) is 0.300. The Morgan fingerprint density at radius 2 is 1.93 bits per heavy atom. The van der Waals surface area contributed by atoms with Gasteiger partial charge in [0.1, 0.15) is 5.60 Å². The molecular formula is C20H20ClN3O4. The van der Waals surface area contributed by atoms with E-state index in [0.717, 1.165) is 10.9 Å². The zero-order valence-electron chi connectivity index (χ0n) is 16.2. The number of pyridine rings is 1. The molecule has 146 valence electrons. The number of carbonyl (C=O) groups is 1. The molecule has 1 aromatic carbocycles. The number of aromatic nitrogens is 2. The number of carbonyl (C=O) groups excluding carboxylic acids is 1. The van der Waals surface area contributed by atoms with Gasteiger partial charge in [0.2, 0.25) is 0 Å². The minimum atomic E-state index is -0.710. The van der Waals surface area contributed by atoms with E-state index in [1.54, 1.807) is 46.0 Å². The van der Waals surface area contributed by atoms with Crippen molar-refractivity contribution in [2.45, 2.75) is 40.2 Å². The van der Waals surface area contributed by atoms with Crippen LogP contribution >= 0.6 is 11.6 Å². The van der Waals surface area contributed by atoms with E-state index < -0.39 is 16.6 Å². The normalized spacial score (nSPS) is 11.6. The summed E-state index contributed by atoms with van der Waals surface area (Å²) in [5.74, 6) is 0. The molecule has 0 saturated carbocycles. The van der Waals surface area contributed by atoms with Crippen LogP contribution in [0.2, 0.25) is 5.15 Å². The monoisotopic (exact) mass is 401 g/mol. The van der Waals surface area contributed by atoms with Crippen molar-refractivity contribution in [3.63, 3.8) is 0 Å². The van der Waals surface area contributed by atoms with Gasteiger partial charge in [-0.2, -0.15) is 0 Å². The van der Waals surface area contributed by atoms with E-state index in [1.807, 2.05) is 6.92 Å². The van der Waals surface area contributed by atoms with E-state index in [0.29, 0.717) is 22.3 Å². The zero-order chi connectivity index (χ0) is 20.8. The van der Waals surface area contributed by atoms with Crippen LogP contribution in [-0.2, 0) is 4.74 Å². The Morgan fingerprint density at radius 1 is 1.25 bits per heavy atom. The maximum Gasteiger partial charge on any atom is 0.419 e. The molecule has 0 saturated heterocycles. The van der Waals surface area contributed by atoms with Crippen LogP contribution < -0.4 is 0 Å². The topological polar surface area (TPSA) is 87.3 Å². The third-order valence-electron chi connectivity index (χ3n) is 4.34. The fourth-order valence-electron chi connectivity index (χ4n) is 3.19. The fourth-order valence-corrected chi connectivity index (χ4v) is 3.43. The third-order valence-corrected chi connectivity index (χ3v) is 4.61. The second kappa shape index (κ2) is 6.91. The molecule has 2 aromatic heterocycles. The lowest BCUT2D eigenvalue weighted by Crippen LogP contribution is -2.27. The summed E-state index contributed by atoms with van der Waals surface area (Å²) in [6, 6.07) is 6.31. The molecule has 28 heavy (non-hydrogen) atoms. The van der Waals surface area contributed by atoms with Gasteiger partial charge in [0.25, 0.3) is 5.69 Å². The highest BCUT2D eigenvalue weighted by Crippen LogP contribution is 2.38. The number of ether oxygens (including phenoxy) is 1. The summed E-state index contributed by atoms with van der Waals surface area (Å²) in [5, 5.41) is 12.0. The van der Waals surface area contributed by atoms with Crippen molar-refractivity contribution in [1.29, 1.82) is 0 Å². The molecule has 0 unspecified atom stereocenters. The summed E-state index contributed by atoms with van der Waals surface area (Å²) < 4.78 is 7.00. The number of hydrogen-bond acceptors (Lipinski definition) is 5. The lowest BCUT2D eigenvalue weighted by atomic mass is 10.0. The second-order valence-electron chi connectivity index (χ2n) is 7.54. The Balaban J connectivity index is 2.35. The Hall–Kier alpha value is -2.93. The molecule has 0 N–H and O–H groups in total. The standard InChI is InChI=1S/C20H20ClN3O4/c1-11-10-13(24(26)27)6-7-14(11)16-12(2)15-8-9-22-18(21)17(15)23(16)19(25)28-20(3,4)5/h6-10H,1-5H3. The minimum Gasteiger partial charge on any atom is -0.443 e. The van der Waals surface area contributed by atoms with Crippen LogP contribution in [0.3, 0.4) is 0 Å². The van der Waals surface area contributed by atoms with Crippen molar-refractivity contribution in [3.05, 3.63) is 56.9 Å². The van der Waals surface area contributed by atoms with E-state index in [2.05, 4.69) is 4.98 Å². The van der Waals surface area contributed by atoms with Crippen LogP contribution in [0.25, 0.3) is 22.2 Å². The summed E-state index contributed by atoms with van der Waals surface area (Å²) in [6.45, 7) is 8.97. The second-order valence-corrected chi connectivity index (χ2v) is 7.90. The Kier molecular flexibility index (Phi) is 4.89. The van der Waals surface area contributed by atoms with Crippen LogP contribution in [0, 0.1) is 24.0 Å². The number of aryl methyl sites for hydroxylation is 2. The predicted octanol–water partition coefficient (Wildman–Crippen LogP) is 5.66. The van der Waals surface area contributed by atoms with Gasteiger partial charge in [0.15, 0.2) is 5.15 Å². The smallest absolute Gasteiger partial charge is 0.419 e. The van der Waals surface area contributed by atoms with Gasteiger partial charge in [-0.05, 0) is 57.9 Å². The van der Waals surface area contributed by atoms with Crippen LogP contribution in [0.15, 0.2) is 30.5 Å². The molecule has 0 radical (unpaired) electrons. The molecule has 8 heteroatoms. The summed E-state index contributed by atoms with van der Waals surface area (Å²) in [6.07, 6.45) is 0.983. The summed E-state index contributed by atoms with van der Waals surface area (Å²) >= 11 is 6.33. The number of rotatable bonds is 2. The highest BCUT2D eigenvalue weighted by Gasteiger charge is 2.27. The molecular weight excluding hydrogens is 382 g/mol. The molecule has 0 bridgehead atoms. The van der Waals surface area contributed by atoms with Crippen molar-refractivity contribution < 1.29 is 14.5 Å². The van der Waals surface area contributed by atoms with Crippen molar-refractivity contribution in [3.8, 4) is 11.3 Å². The maximum atomic E-state index is 13.1. The maximum absolute atomic E-state index is 13.1. The quantitative estimate of drug-likeness (QED) is 0.314. The molecule has 7 nitrogen and oxygen atoms in total. The Labute approximate surface area is 167 Å². The number of fused-ring (bicyclic) bond motifs is 1. The highest BCUT2D eigenvalue weighted by atomic mass is 35.5. The van der Waals surface area contributed by atoms with Crippen molar-refractivity contribution >= 4 is 34.3 Å². The number of nitro groups is 1. The van der Waals surface area contributed by atoms with Gasteiger partial charge in [0, 0.05) is 29.3 Å². The van der Waals surface area contributed by atoms with Crippen molar-refractivity contribution in [2.75, 3.05) is 0 Å².